The first-order valence-electron chi connectivity index (χ1n) is 5.27. The van der Waals surface area contributed by atoms with E-state index in [-0.39, 0.29) is 24.1 Å². The Bertz CT molecular complexity index is 654. The molecule has 0 unspecified atom stereocenters. The Balaban J connectivity index is 2.09. The fraction of sp³-hybridized carbons (Fsp3) is 0.200. The largest absolute Gasteiger partial charge is 0.338 e. The molecule has 0 spiro atoms. The molecule has 0 saturated heterocycles. The lowest BCUT2D eigenvalue weighted by Gasteiger charge is -2.00. The first-order chi connectivity index (χ1) is 9.00. The molecule has 2 rings (SSSR count). The van der Waals surface area contributed by atoms with Crippen molar-refractivity contribution in [3.63, 3.8) is 0 Å². The monoisotopic (exact) mass is 286 g/mol. The van der Waals surface area contributed by atoms with E-state index >= 15 is 0 Å². The van der Waals surface area contributed by atoms with Crippen molar-refractivity contribution in [2.75, 3.05) is 7.05 Å². The number of hydrogen-bond donors (Lipinski definition) is 2. The Hall–Kier alpha value is -1.84. The Morgan fingerprint density at radius 2 is 2.00 bits per heavy atom. The van der Waals surface area contributed by atoms with Crippen LogP contribution in [0.2, 0.25) is 0 Å². The molecule has 1 aromatic heterocycles. The predicted molar refractivity (Wildman–Crippen MR) is 64.5 cm³/mol. The maximum absolute atomic E-state index is 12.8. The van der Waals surface area contributed by atoms with Crippen molar-refractivity contribution in [3.05, 3.63) is 36.0 Å². The summed E-state index contributed by atoms with van der Waals surface area (Å²) < 4.78 is 44.2. The molecular formula is C10H11FN4O3S. The normalized spacial score (nSPS) is 11.7. The van der Waals surface area contributed by atoms with Gasteiger partial charge in [0.25, 0.3) is 10.2 Å². The van der Waals surface area contributed by atoms with E-state index in [2.05, 4.69) is 19.6 Å². The van der Waals surface area contributed by atoms with Crippen LogP contribution in [0.3, 0.4) is 0 Å². The third-order valence-corrected chi connectivity index (χ3v) is 3.31. The Morgan fingerprint density at radius 1 is 1.32 bits per heavy atom. The van der Waals surface area contributed by atoms with Crippen molar-refractivity contribution in [1.29, 1.82) is 0 Å². The molecule has 0 aliphatic rings. The van der Waals surface area contributed by atoms with Gasteiger partial charge in [0.2, 0.25) is 11.7 Å². The van der Waals surface area contributed by atoms with Crippen molar-refractivity contribution in [2.45, 2.75) is 6.54 Å². The smallest absolute Gasteiger partial charge is 0.277 e. The molecule has 2 aromatic rings. The van der Waals surface area contributed by atoms with E-state index in [0.29, 0.717) is 5.56 Å². The Kier molecular flexibility index (Phi) is 3.88. The van der Waals surface area contributed by atoms with Crippen molar-refractivity contribution < 1.29 is 17.3 Å². The number of benzene rings is 1. The van der Waals surface area contributed by atoms with Crippen LogP contribution < -0.4 is 9.44 Å². The van der Waals surface area contributed by atoms with Crippen LogP contribution in [0.25, 0.3) is 11.4 Å². The molecule has 0 atom stereocenters. The fourth-order valence-electron chi connectivity index (χ4n) is 1.27. The summed E-state index contributed by atoms with van der Waals surface area (Å²) >= 11 is 0. The molecule has 1 aromatic carbocycles. The molecule has 19 heavy (non-hydrogen) atoms. The SMILES string of the molecule is CNS(=O)(=O)NCc1nc(-c2ccc(F)cc2)no1. The van der Waals surface area contributed by atoms with E-state index < -0.39 is 10.2 Å². The summed E-state index contributed by atoms with van der Waals surface area (Å²) in [6.07, 6.45) is 0. The zero-order valence-electron chi connectivity index (χ0n) is 9.92. The Morgan fingerprint density at radius 3 is 2.63 bits per heavy atom. The van der Waals surface area contributed by atoms with E-state index in [1.54, 1.807) is 0 Å². The van der Waals surface area contributed by atoms with Crippen LogP contribution in [0.4, 0.5) is 4.39 Å². The number of nitrogens with one attached hydrogen (secondary N) is 2. The van der Waals surface area contributed by atoms with Crippen LogP contribution >= 0.6 is 0 Å². The molecule has 7 nitrogen and oxygen atoms in total. The van der Waals surface area contributed by atoms with Crippen molar-refractivity contribution in [1.82, 2.24) is 19.6 Å². The van der Waals surface area contributed by atoms with Gasteiger partial charge in [-0.1, -0.05) is 5.16 Å². The maximum Gasteiger partial charge on any atom is 0.277 e. The zero-order chi connectivity index (χ0) is 13.9. The minimum atomic E-state index is -3.56. The summed E-state index contributed by atoms with van der Waals surface area (Å²) in [6, 6.07) is 5.55. The molecule has 1 heterocycles. The summed E-state index contributed by atoms with van der Waals surface area (Å²) in [6.45, 7) is -0.128. The van der Waals surface area contributed by atoms with Crippen LogP contribution in [-0.2, 0) is 16.8 Å². The van der Waals surface area contributed by atoms with Gasteiger partial charge in [0.05, 0.1) is 6.54 Å². The highest BCUT2D eigenvalue weighted by molar-refractivity contribution is 7.87. The van der Waals surface area contributed by atoms with Gasteiger partial charge >= 0.3 is 0 Å². The minimum absolute atomic E-state index is 0.109. The number of halogens is 1. The fourth-order valence-corrected chi connectivity index (χ4v) is 1.73. The number of aromatic nitrogens is 2. The maximum atomic E-state index is 12.8. The highest BCUT2D eigenvalue weighted by Gasteiger charge is 2.11. The van der Waals surface area contributed by atoms with Crippen LogP contribution in [0, 0.1) is 5.82 Å². The standard InChI is InChI=1S/C10H11FN4O3S/c1-12-19(16,17)13-6-9-14-10(15-18-9)7-2-4-8(11)5-3-7/h2-5,12-13H,6H2,1H3. The van der Waals surface area contributed by atoms with Gasteiger partial charge in [-0.05, 0) is 24.3 Å². The van der Waals surface area contributed by atoms with Crippen molar-refractivity contribution >= 4 is 10.2 Å². The van der Waals surface area contributed by atoms with E-state index in [1.165, 1.54) is 31.3 Å². The van der Waals surface area contributed by atoms with Crippen molar-refractivity contribution in [3.8, 4) is 11.4 Å². The molecule has 0 fully saturated rings. The number of nitrogens with zero attached hydrogens (tertiary/aromatic N) is 2. The van der Waals surface area contributed by atoms with E-state index in [4.69, 9.17) is 4.52 Å². The van der Waals surface area contributed by atoms with Gasteiger partial charge in [-0.15, -0.1) is 0 Å². The summed E-state index contributed by atoms with van der Waals surface area (Å²) in [7, 11) is -2.28. The van der Waals surface area contributed by atoms with Crippen molar-refractivity contribution in [2.24, 2.45) is 0 Å². The number of hydrogen-bond acceptors (Lipinski definition) is 5. The third-order valence-electron chi connectivity index (χ3n) is 2.25. The summed E-state index contributed by atoms with van der Waals surface area (Å²) in [5.41, 5.74) is 0.577. The van der Waals surface area contributed by atoms with E-state index in [1.807, 2.05) is 0 Å². The average molecular weight is 286 g/mol. The summed E-state index contributed by atoms with van der Waals surface area (Å²) in [5.74, 6) is 0.00561. The topological polar surface area (TPSA) is 97.1 Å². The first-order valence-corrected chi connectivity index (χ1v) is 6.75. The zero-order valence-corrected chi connectivity index (χ0v) is 10.7. The van der Waals surface area contributed by atoms with Gasteiger partial charge in [0, 0.05) is 12.6 Å². The van der Waals surface area contributed by atoms with Crippen LogP contribution in [0.5, 0.6) is 0 Å². The third kappa shape index (κ3) is 3.56. The van der Waals surface area contributed by atoms with Gasteiger partial charge in [-0.3, -0.25) is 0 Å². The van der Waals surface area contributed by atoms with Gasteiger partial charge in [0.15, 0.2) is 0 Å². The second-order valence-electron chi connectivity index (χ2n) is 3.55. The predicted octanol–water partition coefficient (Wildman–Crippen LogP) is 0.429. The minimum Gasteiger partial charge on any atom is -0.338 e. The molecule has 0 aliphatic carbocycles. The molecule has 102 valence electrons. The van der Waals surface area contributed by atoms with E-state index in [9.17, 15) is 12.8 Å². The molecule has 0 aliphatic heterocycles. The van der Waals surface area contributed by atoms with Crippen LogP contribution in [0.1, 0.15) is 5.89 Å². The average Bonchev–Trinajstić information content (AvgIpc) is 2.86. The van der Waals surface area contributed by atoms with Gasteiger partial charge in [0.1, 0.15) is 5.82 Å². The first kappa shape index (κ1) is 13.6. The highest BCUT2D eigenvalue weighted by Crippen LogP contribution is 2.15. The summed E-state index contributed by atoms with van der Waals surface area (Å²) in [5, 5.41) is 3.68. The summed E-state index contributed by atoms with van der Waals surface area (Å²) in [4.78, 5) is 3.99. The lowest BCUT2D eigenvalue weighted by atomic mass is 10.2. The van der Waals surface area contributed by atoms with E-state index in [0.717, 1.165) is 0 Å². The molecular weight excluding hydrogens is 275 g/mol. The van der Waals surface area contributed by atoms with Crippen LogP contribution in [0.15, 0.2) is 28.8 Å². The highest BCUT2D eigenvalue weighted by atomic mass is 32.2. The molecule has 9 heteroatoms. The number of rotatable bonds is 5. The molecule has 0 saturated carbocycles. The second kappa shape index (κ2) is 5.43. The molecule has 0 radical (unpaired) electrons. The lowest BCUT2D eigenvalue weighted by molar-refractivity contribution is 0.375. The van der Waals surface area contributed by atoms with Gasteiger partial charge in [-0.25, -0.2) is 9.11 Å². The van der Waals surface area contributed by atoms with Crippen LogP contribution in [-0.4, -0.2) is 25.6 Å². The second-order valence-corrected chi connectivity index (χ2v) is 5.25. The van der Waals surface area contributed by atoms with Gasteiger partial charge < -0.3 is 4.52 Å². The Labute approximate surface area is 109 Å². The molecule has 2 N–H and O–H groups in total. The quantitative estimate of drug-likeness (QED) is 0.830. The molecule has 0 amide bonds. The molecule has 0 bridgehead atoms. The lowest BCUT2D eigenvalue weighted by Crippen LogP contribution is -2.33. The van der Waals surface area contributed by atoms with Gasteiger partial charge in [-0.2, -0.15) is 18.1 Å².